The summed E-state index contributed by atoms with van der Waals surface area (Å²) >= 11 is 0. The van der Waals surface area contributed by atoms with Crippen molar-refractivity contribution < 1.29 is 24.0 Å². The molecule has 30 heavy (non-hydrogen) atoms. The van der Waals surface area contributed by atoms with Crippen LogP contribution in [0.5, 0.6) is 5.75 Å². The molecule has 2 aromatic rings. The number of hydrogen-bond donors (Lipinski definition) is 2. The zero-order valence-corrected chi connectivity index (χ0v) is 16.4. The SMILES string of the molecule is CC(C)NC(=O)c1ccccc1NC(=O)CN1C(=O)COc2ccc([N+](=O)[O-])cc21. The highest BCUT2D eigenvalue weighted by atomic mass is 16.6. The van der Waals surface area contributed by atoms with Gasteiger partial charge in [0.05, 0.1) is 21.9 Å². The molecule has 1 aliphatic heterocycles. The van der Waals surface area contributed by atoms with Crippen molar-refractivity contribution >= 4 is 34.8 Å². The summed E-state index contributed by atoms with van der Waals surface area (Å²) in [4.78, 5) is 48.9. The predicted molar refractivity (Wildman–Crippen MR) is 109 cm³/mol. The molecule has 0 aliphatic carbocycles. The van der Waals surface area contributed by atoms with Gasteiger partial charge < -0.3 is 15.4 Å². The Morgan fingerprint density at radius 3 is 2.67 bits per heavy atom. The second kappa shape index (κ2) is 8.60. The maximum Gasteiger partial charge on any atom is 0.271 e. The van der Waals surface area contributed by atoms with Crippen LogP contribution in [0, 0.1) is 10.1 Å². The van der Waals surface area contributed by atoms with Crippen LogP contribution in [0.4, 0.5) is 17.1 Å². The first-order chi connectivity index (χ1) is 14.3. The lowest BCUT2D eigenvalue weighted by molar-refractivity contribution is -0.384. The lowest BCUT2D eigenvalue weighted by atomic mass is 10.1. The number of fused-ring (bicyclic) bond motifs is 1. The quantitative estimate of drug-likeness (QED) is 0.552. The third-order valence-electron chi connectivity index (χ3n) is 4.26. The number of benzene rings is 2. The number of non-ortho nitro benzene ring substituents is 1. The maximum atomic E-state index is 12.6. The Kier molecular flexibility index (Phi) is 5.95. The van der Waals surface area contributed by atoms with Gasteiger partial charge in [0.15, 0.2) is 6.61 Å². The number of para-hydroxylation sites is 1. The van der Waals surface area contributed by atoms with Gasteiger partial charge in [-0.15, -0.1) is 0 Å². The molecule has 0 saturated heterocycles. The molecule has 3 rings (SSSR count). The van der Waals surface area contributed by atoms with E-state index in [4.69, 9.17) is 4.74 Å². The van der Waals surface area contributed by atoms with Crippen LogP contribution in [0.2, 0.25) is 0 Å². The van der Waals surface area contributed by atoms with E-state index in [9.17, 15) is 24.5 Å². The molecule has 1 heterocycles. The molecule has 0 aromatic heterocycles. The van der Waals surface area contributed by atoms with Crippen LogP contribution < -0.4 is 20.3 Å². The van der Waals surface area contributed by atoms with Crippen molar-refractivity contribution in [2.24, 2.45) is 0 Å². The topological polar surface area (TPSA) is 131 Å². The first-order valence-corrected chi connectivity index (χ1v) is 9.17. The number of nitrogens with zero attached hydrogens (tertiary/aromatic N) is 2. The number of amides is 3. The standard InChI is InChI=1S/C20H20N4O6/c1-12(2)21-20(27)14-5-3-4-6-15(14)22-18(25)10-23-16-9-13(24(28)29)7-8-17(16)30-11-19(23)26/h3-9,12H,10-11H2,1-2H3,(H,21,27)(H,22,25). The van der Waals surface area contributed by atoms with Crippen molar-refractivity contribution in [3.8, 4) is 5.75 Å². The zero-order chi connectivity index (χ0) is 21.8. The molecule has 2 aromatic carbocycles. The van der Waals surface area contributed by atoms with Crippen molar-refractivity contribution in [1.29, 1.82) is 0 Å². The summed E-state index contributed by atoms with van der Waals surface area (Å²) in [5.41, 5.74) is 0.485. The van der Waals surface area contributed by atoms with Gasteiger partial charge >= 0.3 is 0 Å². The molecule has 2 N–H and O–H groups in total. The predicted octanol–water partition coefficient (Wildman–Crippen LogP) is 2.10. The first-order valence-electron chi connectivity index (χ1n) is 9.17. The average Bonchev–Trinajstić information content (AvgIpc) is 2.69. The van der Waals surface area contributed by atoms with Crippen LogP contribution in [0.3, 0.4) is 0 Å². The van der Waals surface area contributed by atoms with Crippen molar-refractivity contribution in [2.75, 3.05) is 23.4 Å². The van der Waals surface area contributed by atoms with Gasteiger partial charge in [0, 0.05) is 18.2 Å². The summed E-state index contributed by atoms with van der Waals surface area (Å²) < 4.78 is 5.29. The lowest BCUT2D eigenvalue weighted by Crippen LogP contribution is -2.43. The van der Waals surface area contributed by atoms with Gasteiger partial charge in [0.2, 0.25) is 5.91 Å². The normalized spacial score (nSPS) is 12.8. The van der Waals surface area contributed by atoms with E-state index < -0.39 is 23.3 Å². The smallest absolute Gasteiger partial charge is 0.271 e. The monoisotopic (exact) mass is 412 g/mol. The van der Waals surface area contributed by atoms with Gasteiger partial charge in [-0.25, -0.2) is 0 Å². The first kappa shape index (κ1) is 20.8. The van der Waals surface area contributed by atoms with Crippen molar-refractivity contribution in [3.63, 3.8) is 0 Å². The van der Waals surface area contributed by atoms with E-state index >= 15 is 0 Å². The van der Waals surface area contributed by atoms with E-state index in [2.05, 4.69) is 10.6 Å². The number of anilines is 2. The Morgan fingerprint density at radius 1 is 1.23 bits per heavy atom. The number of nitro groups is 1. The van der Waals surface area contributed by atoms with Crippen LogP contribution >= 0.6 is 0 Å². The van der Waals surface area contributed by atoms with Crippen LogP contribution in [-0.2, 0) is 9.59 Å². The molecule has 0 bridgehead atoms. The molecule has 0 unspecified atom stereocenters. The number of nitrogens with one attached hydrogen (secondary N) is 2. The number of carbonyl (C=O) groups excluding carboxylic acids is 3. The van der Waals surface area contributed by atoms with Gasteiger partial charge in [0.1, 0.15) is 12.3 Å². The second-order valence-electron chi connectivity index (χ2n) is 6.90. The molecule has 1 aliphatic rings. The highest BCUT2D eigenvalue weighted by molar-refractivity contribution is 6.08. The number of ether oxygens (including phenoxy) is 1. The lowest BCUT2D eigenvalue weighted by Gasteiger charge is -2.28. The van der Waals surface area contributed by atoms with Gasteiger partial charge in [-0.3, -0.25) is 29.4 Å². The Bertz CT molecular complexity index is 1020. The Labute approximate surface area is 172 Å². The maximum absolute atomic E-state index is 12.6. The van der Waals surface area contributed by atoms with Crippen LogP contribution in [0.15, 0.2) is 42.5 Å². The Morgan fingerprint density at radius 2 is 1.97 bits per heavy atom. The largest absolute Gasteiger partial charge is 0.482 e. The molecule has 0 atom stereocenters. The highest BCUT2D eigenvalue weighted by Crippen LogP contribution is 2.35. The molecular weight excluding hydrogens is 392 g/mol. The van der Waals surface area contributed by atoms with Crippen LogP contribution in [0.1, 0.15) is 24.2 Å². The third-order valence-corrected chi connectivity index (χ3v) is 4.26. The van der Waals surface area contributed by atoms with Gasteiger partial charge in [0.25, 0.3) is 17.5 Å². The number of hydrogen-bond acceptors (Lipinski definition) is 6. The molecule has 0 fully saturated rings. The van der Waals surface area contributed by atoms with Crippen LogP contribution in [-0.4, -0.2) is 41.8 Å². The molecule has 10 heteroatoms. The fourth-order valence-corrected chi connectivity index (χ4v) is 2.94. The van der Waals surface area contributed by atoms with Crippen LogP contribution in [0.25, 0.3) is 0 Å². The molecule has 3 amide bonds. The van der Waals surface area contributed by atoms with E-state index in [0.29, 0.717) is 5.69 Å². The van der Waals surface area contributed by atoms with Gasteiger partial charge in [-0.05, 0) is 32.0 Å². The number of rotatable bonds is 6. The fourth-order valence-electron chi connectivity index (χ4n) is 2.94. The summed E-state index contributed by atoms with van der Waals surface area (Å²) in [5, 5.41) is 16.4. The van der Waals surface area contributed by atoms with E-state index in [0.717, 1.165) is 4.90 Å². The number of carbonyl (C=O) groups is 3. The van der Waals surface area contributed by atoms with E-state index in [-0.39, 0.29) is 41.2 Å². The van der Waals surface area contributed by atoms with Crippen molar-refractivity contribution in [1.82, 2.24) is 5.32 Å². The van der Waals surface area contributed by atoms with E-state index in [1.807, 2.05) is 13.8 Å². The van der Waals surface area contributed by atoms with Crippen molar-refractivity contribution in [2.45, 2.75) is 19.9 Å². The summed E-state index contributed by atoms with van der Waals surface area (Å²) in [5.74, 6) is -1.15. The van der Waals surface area contributed by atoms with E-state index in [1.165, 1.54) is 18.2 Å². The fraction of sp³-hybridized carbons (Fsp3) is 0.250. The second-order valence-corrected chi connectivity index (χ2v) is 6.90. The summed E-state index contributed by atoms with van der Waals surface area (Å²) in [6, 6.07) is 10.2. The Hall–Kier alpha value is -3.95. The van der Waals surface area contributed by atoms with Gasteiger partial charge in [-0.2, -0.15) is 0 Å². The summed E-state index contributed by atoms with van der Waals surface area (Å²) in [7, 11) is 0. The average molecular weight is 412 g/mol. The summed E-state index contributed by atoms with van der Waals surface area (Å²) in [6.45, 7) is 2.96. The zero-order valence-electron chi connectivity index (χ0n) is 16.4. The van der Waals surface area contributed by atoms with Crippen molar-refractivity contribution in [3.05, 3.63) is 58.1 Å². The van der Waals surface area contributed by atoms with E-state index in [1.54, 1.807) is 24.3 Å². The third kappa shape index (κ3) is 4.54. The Balaban J connectivity index is 1.81. The molecule has 10 nitrogen and oxygen atoms in total. The molecule has 156 valence electrons. The minimum atomic E-state index is -0.596. The molecule has 0 spiro atoms. The number of nitro benzene ring substituents is 1. The summed E-state index contributed by atoms with van der Waals surface area (Å²) in [6.07, 6.45) is 0. The van der Waals surface area contributed by atoms with Gasteiger partial charge in [-0.1, -0.05) is 12.1 Å². The minimum Gasteiger partial charge on any atom is -0.482 e. The highest BCUT2D eigenvalue weighted by Gasteiger charge is 2.29. The molecular formula is C20H20N4O6. The molecule has 0 radical (unpaired) electrons. The molecule has 0 saturated carbocycles. The minimum absolute atomic E-state index is 0.0838.